The van der Waals surface area contributed by atoms with Gasteiger partial charge in [0.2, 0.25) is 5.78 Å². The SMILES string of the molecule is C=C(C(=O)O[N+](=O)[O-])C(=O)c1coo1. The van der Waals surface area contributed by atoms with Crippen molar-refractivity contribution in [3.05, 3.63) is 34.3 Å². The summed E-state index contributed by atoms with van der Waals surface area (Å²) in [6, 6.07) is 0. The summed E-state index contributed by atoms with van der Waals surface area (Å²) in [7, 11) is 0. The van der Waals surface area contributed by atoms with Crippen molar-refractivity contribution in [2.75, 3.05) is 0 Å². The number of carbonyl (C=O) groups is 2. The second kappa shape index (κ2) is 3.56. The van der Waals surface area contributed by atoms with E-state index in [-0.39, 0.29) is 5.76 Å². The van der Waals surface area contributed by atoms with Crippen LogP contribution in [0.25, 0.3) is 0 Å². The number of ketones is 1. The molecule has 1 aromatic heterocycles. The molecule has 0 bridgehead atoms. The summed E-state index contributed by atoms with van der Waals surface area (Å²) >= 11 is 0. The van der Waals surface area contributed by atoms with E-state index in [0.717, 1.165) is 6.26 Å². The van der Waals surface area contributed by atoms with Crippen LogP contribution >= 0.6 is 0 Å². The highest BCUT2D eigenvalue weighted by Gasteiger charge is 2.25. The van der Waals surface area contributed by atoms with E-state index in [1.165, 1.54) is 0 Å². The molecule has 74 valence electrons. The number of hydrogen-bond acceptors (Lipinski definition) is 7. The molecular weight excluding hydrogens is 198 g/mol. The number of carbonyl (C=O) groups excluding carboxylic acids is 2. The van der Waals surface area contributed by atoms with E-state index in [1.54, 1.807) is 0 Å². The Bertz CT molecular complexity index is 389. The van der Waals surface area contributed by atoms with Crippen molar-refractivity contribution in [2.45, 2.75) is 0 Å². The van der Waals surface area contributed by atoms with Gasteiger partial charge in [-0.2, -0.15) is 0 Å². The second-order valence-electron chi connectivity index (χ2n) is 2.07. The Hall–Kier alpha value is -2.38. The van der Waals surface area contributed by atoms with Gasteiger partial charge in [0.15, 0.2) is 6.26 Å². The molecule has 8 nitrogen and oxygen atoms in total. The van der Waals surface area contributed by atoms with E-state index < -0.39 is 22.4 Å². The first-order valence-corrected chi connectivity index (χ1v) is 3.16. The molecule has 0 N–H and O–H groups in total. The zero-order chi connectivity index (χ0) is 10.7. The quantitative estimate of drug-likeness (QED) is 0.131. The van der Waals surface area contributed by atoms with Crippen LogP contribution in [0.3, 0.4) is 0 Å². The molecule has 0 fully saturated rings. The van der Waals surface area contributed by atoms with Crippen LogP contribution in [0.4, 0.5) is 0 Å². The minimum atomic E-state index is -1.45. The van der Waals surface area contributed by atoms with Gasteiger partial charge in [0, 0.05) is 0 Å². The average molecular weight is 201 g/mol. The summed E-state index contributed by atoms with van der Waals surface area (Å²) in [5, 5.41) is 8.39. The molecule has 0 saturated carbocycles. The van der Waals surface area contributed by atoms with Crippen molar-refractivity contribution in [1.82, 2.24) is 0 Å². The predicted molar refractivity (Wildman–Crippen MR) is 37.5 cm³/mol. The highest BCUT2D eigenvalue weighted by atomic mass is 17.0. The van der Waals surface area contributed by atoms with Gasteiger partial charge in [0.1, 0.15) is 0 Å². The Kier molecular flexibility index (Phi) is 2.47. The molecule has 14 heavy (non-hydrogen) atoms. The summed E-state index contributed by atoms with van der Waals surface area (Å²) in [6.45, 7) is 3.01. The highest BCUT2D eigenvalue weighted by Crippen LogP contribution is 2.10. The van der Waals surface area contributed by atoms with Gasteiger partial charge in [0.05, 0.1) is 5.57 Å². The van der Waals surface area contributed by atoms with Gasteiger partial charge in [-0.3, -0.25) is 18.7 Å². The molecule has 0 aromatic carbocycles. The lowest BCUT2D eigenvalue weighted by atomic mass is 10.2. The third-order valence-corrected chi connectivity index (χ3v) is 1.19. The zero-order valence-electron chi connectivity index (χ0n) is 6.59. The Balaban J connectivity index is 2.64. The van der Waals surface area contributed by atoms with Gasteiger partial charge in [0.25, 0.3) is 5.76 Å². The summed E-state index contributed by atoms with van der Waals surface area (Å²) in [4.78, 5) is 35.0. The number of rotatable bonds is 4. The van der Waals surface area contributed by atoms with Crippen molar-refractivity contribution in [3.8, 4) is 0 Å². The molecule has 8 heteroatoms. The second-order valence-corrected chi connectivity index (χ2v) is 2.07. The maximum absolute atomic E-state index is 11.1. The van der Waals surface area contributed by atoms with Crippen molar-refractivity contribution >= 4 is 11.8 Å². The minimum Gasteiger partial charge on any atom is -0.293 e. The van der Waals surface area contributed by atoms with Gasteiger partial charge in [-0.25, -0.2) is 4.84 Å². The number of Topliss-reactive ketones (excluding diaryl/α,β-unsaturated/α-hetero) is 1. The molecule has 0 amide bonds. The fourth-order valence-electron chi connectivity index (χ4n) is 0.552. The van der Waals surface area contributed by atoms with Crippen LogP contribution in [0.2, 0.25) is 0 Å². The molecule has 0 aliphatic carbocycles. The van der Waals surface area contributed by atoms with Gasteiger partial charge < -0.3 is 0 Å². The van der Waals surface area contributed by atoms with Crippen molar-refractivity contribution in [3.63, 3.8) is 0 Å². The smallest absolute Gasteiger partial charge is 0.293 e. The van der Waals surface area contributed by atoms with Crippen LogP contribution in [0, 0.1) is 10.1 Å². The van der Waals surface area contributed by atoms with Crippen LogP contribution < -0.4 is 0 Å². The monoisotopic (exact) mass is 201 g/mol. The predicted octanol–water partition coefficient (Wildman–Crippen LogP) is 0.346. The molecular formula is C6H3NO7. The molecule has 0 unspecified atom stereocenters. The zero-order valence-corrected chi connectivity index (χ0v) is 6.59. The lowest BCUT2D eigenvalue weighted by molar-refractivity contribution is -0.728. The van der Waals surface area contributed by atoms with E-state index in [9.17, 15) is 19.7 Å². The molecule has 0 atom stereocenters. The largest absolute Gasteiger partial charge is 0.337 e. The van der Waals surface area contributed by atoms with Gasteiger partial charge in [-0.15, -0.1) is 10.1 Å². The first-order valence-electron chi connectivity index (χ1n) is 3.16. The van der Waals surface area contributed by atoms with Crippen LogP contribution in [-0.4, -0.2) is 16.8 Å². The Morgan fingerprint density at radius 2 is 2.14 bits per heavy atom. The molecule has 0 radical (unpaired) electrons. The van der Waals surface area contributed by atoms with Crippen LogP contribution in [-0.2, 0) is 9.63 Å². The molecule has 1 heterocycles. The van der Waals surface area contributed by atoms with Crippen molar-refractivity contribution in [2.24, 2.45) is 0 Å². The van der Waals surface area contributed by atoms with Gasteiger partial charge in [-0.1, -0.05) is 6.58 Å². The topological polar surface area (TPSA) is 113 Å². The minimum absolute atomic E-state index is 0.268. The van der Waals surface area contributed by atoms with Gasteiger partial charge in [-0.05, 0) is 0 Å². The molecule has 0 aliphatic rings. The van der Waals surface area contributed by atoms with E-state index >= 15 is 0 Å². The third-order valence-electron chi connectivity index (χ3n) is 1.19. The fraction of sp³-hybridized carbons (Fsp3) is 0. The van der Waals surface area contributed by atoms with Crippen molar-refractivity contribution in [1.29, 1.82) is 0 Å². The Morgan fingerprint density at radius 3 is 2.50 bits per heavy atom. The number of nitrogens with zero attached hydrogens (tertiary/aromatic N) is 1. The van der Waals surface area contributed by atoms with E-state index in [1.807, 2.05) is 0 Å². The van der Waals surface area contributed by atoms with Crippen molar-refractivity contribution < 1.29 is 28.7 Å². The molecule has 1 aromatic rings. The first-order chi connectivity index (χ1) is 6.52. The molecule has 1 rings (SSSR count). The summed E-state index contributed by atoms with van der Waals surface area (Å²) in [5.74, 6) is -2.64. The fourth-order valence-corrected chi connectivity index (χ4v) is 0.552. The van der Waals surface area contributed by atoms with E-state index in [4.69, 9.17) is 0 Å². The molecule has 0 spiro atoms. The number of hydrogen-bond donors (Lipinski definition) is 0. The van der Waals surface area contributed by atoms with Crippen LogP contribution in [0.5, 0.6) is 0 Å². The Labute approximate surface area is 75.8 Å². The lowest BCUT2D eigenvalue weighted by Gasteiger charge is -2.00. The standard InChI is InChI=1S/C6H3NO7/c1-3(6(9)13-7(10)11)5(8)4-2-12-14-4/h2H,1H2. The maximum atomic E-state index is 11.1. The summed E-state index contributed by atoms with van der Waals surface area (Å²) in [5.41, 5.74) is -0.712. The van der Waals surface area contributed by atoms with E-state index in [0.29, 0.717) is 0 Å². The Morgan fingerprint density at radius 1 is 1.57 bits per heavy atom. The average Bonchev–Trinajstić information content (AvgIpc) is 1.98. The van der Waals surface area contributed by atoms with Gasteiger partial charge >= 0.3 is 11.1 Å². The first kappa shape index (κ1) is 9.71. The van der Waals surface area contributed by atoms with Crippen LogP contribution in [0.15, 0.2) is 27.6 Å². The molecule has 0 saturated heterocycles. The summed E-state index contributed by atoms with van der Waals surface area (Å²) in [6.07, 6.45) is 0.924. The highest BCUT2D eigenvalue weighted by molar-refractivity contribution is 6.22. The summed E-state index contributed by atoms with van der Waals surface area (Å²) < 4.78 is 8.20. The van der Waals surface area contributed by atoms with E-state index in [2.05, 4.69) is 20.6 Å². The van der Waals surface area contributed by atoms with Crippen LogP contribution in [0.1, 0.15) is 10.6 Å². The normalized spacial score (nSPS) is 9.43. The maximum Gasteiger partial charge on any atom is 0.337 e. The lowest BCUT2D eigenvalue weighted by Crippen LogP contribution is -2.18. The molecule has 0 aliphatic heterocycles. The third kappa shape index (κ3) is 1.86.